The molecular formula is C18H22N4O. The summed E-state index contributed by atoms with van der Waals surface area (Å²) < 4.78 is 0. The number of nitrogens with zero attached hydrogens (tertiary/aromatic N) is 3. The van der Waals surface area contributed by atoms with Crippen LogP contribution in [0, 0.1) is 6.92 Å². The molecule has 1 aliphatic rings. The molecule has 23 heavy (non-hydrogen) atoms. The zero-order chi connectivity index (χ0) is 16.2. The minimum Gasteiger partial charge on any atom is -0.369 e. The maximum Gasteiger partial charge on any atom is 0.257 e. The molecule has 120 valence electrons. The Kier molecular flexibility index (Phi) is 4.57. The van der Waals surface area contributed by atoms with Crippen LogP contribution in [-0.4, -0.2) is 49.0 Å². The summed E-state index contributed by atoms with van der Waals surface area (Å²) in [5.74, 6) is -0.134. The van der Waals surface area contributed by atoms with Gasteiger partial charge >= 0.3 is 0 Å². The number of carbonyl (C=O) groups is 1. The van der Waals surface area contributed by atoms with Crippen LogP contribution in [0.3, 0.4) is 0 Å². The monoisotopic (exact) mass is 310 g/mol. The highest BCUT2D eigenvalue weighted by atomic mass is 16.1. The van der Waals surface area contributed by atoms with Crippen LogP contribution in [0.15, 0.2) is 42.7 Å². The molecule has 0 aliphatic carbocycles. The molecule has 0 radical (unpaired) electrons. The number of likely N-dealkylation sites (N-methyl/N-ethyl adjacent to an activating group) is 1. The summed E-state index contributed by atoms with van der Waals surface area (Å²) in [6, 6.07) is 9.61. The first kappa shape index (κ1) is 15.5. The standard InChI is InChI=1S/C18H22N4O/c1-14-12-16(20-18(23)15-4-3-7-19-13-15)5-6-17(14)22-10-8-21(2)9-11-22/h3-7,12-13H,8-11H2,1-2H3,(H,20,23). The van der Waals surface area contributed by atoms with Crippen molar-refractivity contribution in [1.29, 1.82) is 0 Å². The molecule has 0 atom stereocenters. The van der Waals surface area contributed by atoms with Crippen molar-refractivity contribution < 1.29 is 4.79 Å². The van der Waals surface area contributed by atoms with Gasteiger partial charge in [-0.2, -0.15) is 0 Å². The molecule has 1 amide bonds. The van der Waals surface area contributed by atoms with E-state index < -0.39 is 0 Å². The van der Waals surface area contributed by atoms with Crippen molar-refractivity contribution in [2.45, 2.75) is 6.92 Å². The molecule has 5 nitrogen and oxygen atoms in total. The molecule has 0 saturated carbocycles. The molecular weight excluding hydrogens is 288 g/mol. The number of amides is 1. The van der Waals surface area contributed by atoms with Gasteiger partial charge in [-0.1, -0.05) is 0 Å². The fraction of sp³-hybridized carbons (Fsp3) is 0.333. The van der Waals surface area contributed by atoms with E-state index in [1.54, 1.807) is 24.5 Å². The molecule has 0 unspecified atom stereocenters. The Bertz CT molecular complexity index is 679. The summed E-state index contributed by atoms with van der Waals surface area (Å²) in [6.45, 7) is 6.34. The number of aromatic nitrogens is 1. The number of anilines is 2. The van der Waals surface area contributed by atoms with E-state index in [2.05, 4.69) is 40.1 Å². The molecule has 1 aliphatic heterocycles. The van der Waals surface area contributed by atoms with Crippen molar-refractivity contribution >= 4 is 17.3 Å². The summed E-state index contributed by atoms with van der Waals surface area (Å²) in [6.07, 6.45) is 3.23. The molecule has 1 aromatic heterocycles. The van der Waals surface area contributed by atoms with Gasteiger partial charge in [0.15, 0.2) is 0 Å². The van der Waals surface area contributed by atoms with Gasteiger partial charge in [0.25, 0.3) is 5.91 Å². The lowest BCUT2D eigenvalue weighted by Gasteiger charge is -2.35. The van der Waals surface area contributed by atoms with Gasteiger partial charge in [0.05, 0.1) is 5.56 Å². The Labute approximate surface area is 136 Å². The number of pyridine rings is 1. The Morgan fingerprint density at radius 2 is 1.96 bits per heavy atom. The Morgan fingerprint density at radius 1 is 1.17 bits per heavy atom. The van der Waals surface area contributed by atoms with E-state index in [0.29, 0.717) is 5.56 Å². The predicted molar refractivity (Wildman–Crippen MR) is 93.1 cm³/mol. The largest absolute Gasteiger partial charge is 0.369 e. The van der Waals surface area contributed by atoms with Crippen LogP contribution in [-0.2, 0) is 0 Å². The van der Waals surface area contributed by atoms with Crippen LogP contribution in [0.1, 0.15) is 15.9 Å². The number of aryl methyl sites for hydroxylation is 1. The minimum absolute atomic E-state index is 0.134. The predicted octanol–water partition coefficient (Wildman–Crippen LogP) is 2.39. The lowest BCUT2D eigenvalue weighted by molar-refractivity contribution is 0.102. The first-order valence-electron chi connectivity index (χ1n) is 7.89. The first-order valence-corrected chi connectivity index (χ1v) is 7.89. The van der Waals surface area contributed by atoms with E-state index in [-0.39, 0.29) is 5.91 Å². The number of benzene rings is 1. The van der Waals surface area contributed by atoms with Gasteiger partial charge in [-0.3, -0.25) is 9.78 Å². The normalized spacial score (nSPS) is 15.5. The molecule has 0 bridgehead atoms. The lowest BCUT2D eigenvalue weighted by atomic mass is 10.1. The molecule has 1 N–H and O–H groups in total. The zero-order valence-electron chi connectivity index (χ0n) is 13.6. The van der Waals surface area contributed by atoms with Gasteiger partial charge in [0.2, 0.25) is 0 Å². The number of hydrogen-bond acceptors (Lipinski definition) is 4. The highest BCUT2D eigenvalue weighted by molar-refractivity contribution is 6.04. The topological polar surface area (TPSA) is 48.5 Å². The molecule has 5 heteroatoms. The summed E-state index contributed by atoms with van der Waals surface area (Å²) in [5, 5.41) is 2.93. The van der Waals surface area contributed by atoms with E-state index in [4.69, 9.17) is 0 Å². The summed E-state index contributed by atoms with van der Waals surface area (Å²) >= 11 is 0. The average molecular weight is 310 g/mol. The van der Waals surface area contributed by atoms with Crippen molar-refractivity contribution in [2.75, 3.05) is 43.4 Å². The number of nitrogens with one attached hydrogen (secondary N) is 1. The van der Waals surface area contributed by atoms with Gasteiger partial charge in [-0.05, 0) is 49.9 Å². The average Bonchev–Trinajstić information content (AvgIpc) is 2.57. The van der Waals surface area contributed by atoms with Crippen molar-refractivity contribution in [3.63, 3.8) is 0 Å². The SMILES string of the molecule is Cc1cc(NC(=O)c2cccnc2)ccc1N1CCN(C)CC1. The highest BCUT2D eigenvalue weighted by Gasteiger charge is 2.16. The fourth-order valence-corrected chi connectivity index (χ4v) is 2.84. The second-order valence-electron chi connectivity index (χ2n) is 5.99. The van der Waals surface area contributed by atoms with Crippen LogP contribution >= 0.6 is 0 Å². The molecule has 2 aromatic rings. The highest BCUT2D eigenvalue weighted by Crippen LogP contribution is 2.24. The van der Waals surface area contributed by atoms with Crippen molar-refractivity contribution in [3.05, 3.63) is 53.9 Å². The third-order valence-corrected chi connectivity index (χ3v) is 4.22. The second kappa shape index (κ2) is 6.79. The Balaban J connectivity index is 1.71. The summed E-state index contributed by atoms with van der Waals surface area (Å²) in [7, 11) is 2.15. The van der Waals surface area contributed by atoms with Gasteiger partial charge in [0.1, 0.15) is 0 Å². The van der Waals surface area contributed by atoms with Crippen LogP contribution < -0.4 is 10.2 Å². The van der Waals surface area contributed by atoms with Crippen molar-refractivity contribution in [3.8, 4) is 0 Å². The number of piperazine rings is 1. The molecule has 1 aromatic carbocycles. The lowest BCUT2D eigenvalue weighted by Crippen LogP contribution is -2.44. The maximum atomic E-state index is 12.2. The molecule has 2 heterocycles. The van der Waals surface area contributed by atoms with Gasteiger partial charge < -0.3 is 15.1 Å². The van der Waals surface area contributed by atoms with E-state index in [9.17, 15) is 4.79 Å². The van der Waals surface area contributed by atoms with E-state index >= 15 is 0 Å². The van der Waals surface area contributed by atoms with Crippen LogP contribution in [0.4, 0.5) is 11.4 Å². The molecule has 1 fully saturated rings. The quantitative estimate of drug-likeness (QED) is 0.946. The minimum atomic E-state index is -0.134. The smallest absolute Gasteiger partial charge is 0.257 e. The van der Waals surface area contributed by atoms with E-state index in [1.165, 1.54) is 11.3 Å². The van der Waals surface area contributed by atoms with Crippen molar-refractivity contribution in [1.82, 2.24) is 9.88 Å². The number of hydrogen-bond donors (Lipinski definition) is 1. The number of rotatable bonds is 3. The zero-order valence-corrected chi connectivity index (χ0v) is 13.6. The molecule has 1 saturated heterocycles. The third-order valence-electron chi connectivity index (χ3n) is 4.22. The maximum absolute atomic E-state index is 12.2. The van der Waals surface area contributed by atoms with E-state index in [1.807, 2.05) is 12.1 Å². The second-order valence-corrected chi connectivity index (χ2v) is 5.99. The van der Waals surface area contributed by atoms with Crippen molar-refractivity contribution in [2.24, 2.45) is 0 Å². The van der Waals surface area contributed by atoms with Crippen LogP contribution in [0.5, 0.6) is 0 Å². The Hall–Kier alpha value is -2.40. The number of carbonyl (C=O) groups excluding carboxylic acids is 1. The third kappa shape index (κ3) is 3.68. The van der Waals surface area contributed by atoms with Crippen LogP contribution in [0.25, 0.3) is 0 Å². The summed E-state index contributed by atoms with van der Waals surface area (Å²) in [4.78, 5) is 20.9. The molecule has 3 rings (SSSR count). The van der Waals surface area contributed by atoms with Gasteiger partial charge in [-0.15, -0.1) is 0 Å². The van der Waals surface area contributed by atoms with Gasteiger partial charge in [-0.25, -0.2) is 0 Å². The Morgan fingerprint density at radius 3 is 2.61 bits per heavy atom. The van der Waals surface area contributed by atoms with E-state index in [0.717, 1.165) is 31.9 Å². The summed E-state index contributed by atoms with van der Waals surface area (Å²) in [5.41, 5.74) is 3.80. The van der Waals surface area contributed by atoms with Gasteiger partial charge in [0, 0.05) is 49.9 Å². The van der Waals surface area contributed by atoms with Crippen LogP contribution in [0.2, 0.25) is 0 Å². The molecule has 0 spiro atoms. The first-order chi connectivity index (χ1) is 11.1. The fourth-order valence-electron chi connectivity index (χ4n) is 2.84.